The Bertz CT molecular complexity index is 377. The number of benzene rings is 1. The molecule has 1 aromatic rings. The maximum Gasteiger partial charge on any atom is 0.129 e. The second-order valence-electron chi connectivity index (χ2n) is 4.03. The first-order valence-electron chi connectivity index (χ1n) is 5.15. The zero-order chi connectivity index (χ0) is 12.1. The van der Waals surface area contributed by atoms with E-state index in [1.807, 2.05) is 18.9 Å². The van der Waals surface area contributed by atoms with E-state index in [1.165, 1.54) is 6.07 Å². The second kappa shape index (κ2) is 5.47. The SMILES string of the molecule is CC(C#N)CN(C)Cc1c(N)cccc1F. The van der Waals surface area contributed by atoms with Crippen LogP contribution >= 0.6 is 0 Å². The first-order valence-corrected chi connectivity index (χ1v) is 5.15. The molecule has 0 bridgehead atoms. The third-order valence-electron chi connectivity index (χ3n) is 2.39. The van der Waals surface area contributed by atoms with Gasteiger partial charge in [-0.2, -0.15) is 5.26 Å². The van der Waals surface area contributed by atoms with Gasteiger partial charge in [0.1, 0.15) is 5.82 Å². The molecular formula is C12H16FN3. The van der Waals surface area contributed by atoms with Crippen LogP contribution in [0.2, 0.25) is 0 Å². The minimum absolute atomic E-state index is 0.0713. The largest absolute Gasteiger partial charge is 0.398 e. The highest BCUT2D eigenvalue weighted by Crippen LogP contribution is 2.17. The molecular weight excluding hydrogens is 205 g/mol. The summed E-state index contributed by atoms with van der Waals surface area (Å²) in [5.74, 6) is -0.366. The molecule has 0 amide bonds. The predicted octanol–water partition coefficient (Wildman–Crippen LogP) is 2.00. The van der Waals surface area contributed by atoms with Gasteiger partial charge in [0.15, 0.2) is 0 Å². The van der Waals surface area contributed by atoms with Crippen molar-refractivity contribution in [2.24, 2.45) is 5.92 Å². The second-order valence-corrected chi connectivity index (χ2v) is 4.03. The van der Waals surface area contributed by atoms with Crippen LogP contribution < -0.4 is 5.73 Å². The van der Waals surface area contributed by atoms with Gasteiger partial charge in [0, 0.05) is 24.3 Å². The molecule has 86 valence electrons. The summed E-state index contributed by atoms with van der Waals surface area (Å²) in [4.78, 5) is 1.89. The van der Waals surface area contributed by atoms with E-state index in [4.69, 9.17) is 11.0 Å². The van der Waals surface area contributed by atoms with Crippen molar-refractivity contribution in [1.82, 2.24) is 4.90 Å². The Labute approximate surface area is 95.3 Å². The molecule has 1 rings (SSSR count). The summed E-state index contributed by atoms with van der Waals surface area (Å²) in [5, 5.41) is 8.68. The molecule has 0 heterocycles. The molecule has 2 N–H and O–H groups in total. The maximum atomic E-state index is 13.5. The lowest BCUT2D eigenvalue weighted by Crippen LogP contribution is -2.24. The van der Waals surface area contributed by atoms with Crippen LogP contribution in [-0.2, 0) is 6.54 Å². The normalized spacial score (nSPS) is 12.4. The van der Waals surface area contributed by atoms with E-state index in [1.54, 1.807) is 12.1 Å². The van der Waals surface area contributed by atoms with Crippen molar-refractivity contribution in [3.63, 3.8) is 0 Å². The van der Waals surface area contributed by atoms with Gasteiger partial charge < -0.3 is 10.6 Å². The van der Waals surface area contributed by atoms with Crippen molar-refractivity contribution in [2.75, 3.05) is 19.3 Å². The Kier molecular flexibility index (Phi) is 4.27. The van der Waals surface area contributed by atoms with Crippen molar-refractivity contribution in [3.05, 3.63) is 29.6 Å². The maximum absolute atomic E-state index is 13.5. The molecule has 0 saturated carbocycles. The fraction of sp³-hybridized carbons (Fsp3) is 0.417. The van der Waals surface area contributed by atoms with E-state index >= 15 is 0 Å². The number of hydrogen-bond acceptors (Lipinski definition) is 3. The topological polar surface area (TPSA) is 53.0 Å². The van der Waals surface area contributed by atoms with Crippen LogP contribution in [0.1, 0.15) is 12.5 Å². The molecule has 3 nitrogen and oxygen atoms in total. The van der Waals surface area contributed by atoms with Crippen molar-refractivity contribution in [2.45, 2.75) is 13.5 Å². The van der Waals surface area contributed by atoms with E-state index in [2.05, 4.69) is 6.07 Å². The van der Waals surface area contributed by atoms with Crippen molar-refractivity contribution >= 4 is 5.69 Å². The molecule has 1 atom stereocenters. The molecule has 0 aliphatic heterocycles. The highest BCUT2D eigenvalue weighted by Gasteiger charge is 2.11. The van der Waals surface area contributed by atoms with Crippen LogP contribution in [0.4, 0.5) is 10.1 Å². The smallest absolute Gasteiger partial charge is 0.129 e. The average Bonchev–Trinajstić information content (AvgIpc) is 2.23. The van der Waals surface area contributed by atoms with Gasteiger partial charge in [-0.3, -0.25) is 0 Å². The average molecular weight is 221 g/mol. The first kappa shape index (κ1) is 12.5. The number of nitriles is 1. The highest BCUT2D eigenvalue weighted by molar-refractivity contribution is 5.47. The number of rotatable bonds is 4. The quantitative estimate of drug-likeness (QED) is 0.791. The highest BCUT2D eigenvalue weighted by atomic mass is 19.1. The molecule has 1 aromatic carbocycles. The van der Waals surface area contributed by atoms with Gasteiger partial charge in [0.05, 0.1) is 12.0 Å². The van der Waals surface area contributed by atoms with Gasteiger partial charge in [0.25, 0.3) is 0 Å². The van der Waals surface area contributed by atoms with E-state index in [-0.39, 0.29) is 11.7 Å². The Morgan fingerprint density at radius 3 is 2.81 bits per heavy atom. The van der Waals surface area contributed by atoms with Crippen LogP contribution in [-0.4, -0.2) is 18.5 Å². The molecule has 0 fully saturated rings. The summed E-state index contributed by atoms with van der Waals surface area (Å²) in [7, 11) is 1.85. The van der Waals surface area contributed by atoms with Crippen molar-refractivity contribution in [3.8, 4) is 6.07 Å². The fourth-order valence-electron chi connectivity index (χ4n) is 1.58. The van der Waals surface area contributed by atoms with Crippen LogP contribution in [0.5, 0.6) is 0 Å². The Morgan fingerprint density at radius 2 is 2.25 bits per heavy atom. The van der Waals surface area contributed by atoms with E-state index < -0.39 is 0 Å². The van der Waals surface area contributed by atoms with Gasteiger partial charge in [0.2, 0.25) is 0 Å². The minimum atomic E-state index is -0.295. The molecule has 1 unspecified atom stereocenters. The molecule has 0 radical (unpaired) electrons. The van der Waals surface area contributed by atoms with Gasteiger partial charge in [-0.05, 0) is 26.1 Å². The fourth-order valence-corrected chi connectivity index (χ4v) is 1.58. The Morgan fingerprint density at radius 1 is 1.56 bits per heavy atom. The number of nitrogens with two attached hydrogens (primary N) is 1. The van der Waals surface area contributed by atoms with Gasteiger partial charge >= 0.3 is 0 Å². The molecule has 16 heavy (non-hydrogen) atoms. The van der Waals surface area contributed by atoms with E-state index in [0.717, 1.165) is 0 Å². The third kappa shape index (κ3) is 3.21. The van der Waals surface area contributed by atoms with Crippen molar-refractivity contribution < 1.29 is 4.39 Å². The monoisotopic (exact) mass is 221 g/mol. The zero-order valence-corrected chi connectivity index (χ0v) is 9.57. The number of anilines is 1. The number of hydrogen-bond donors (Lipinski definition) is 1. The van der Waals surface area contributed by atoms with Gasteiger partial charge in [-0.1, -0.05) is 6.07 Å². The van der Waals surface area contributed by atoms with Crippen LogP contribution in [0, 0.1) is 23.1 Å². The van der Waals surface area contributed by atoms with E-state index in [0.29, 0.717) is 24.3 Å². The number of nitrogens with zero attached hydrogens (tertiary/aromatic N) is 2. The zero-order valence-electron chi connectivity index (χ0n) is 9.57. The summed E-state index contributed by atoms with van der Waals surface area (Å²) in [5.41, 5.74) is 6.65. The molecule has 0 saturated heterocycles. The lowest BCUT2D eigenvalue weighted by molar-refractivity contribution is 0.299. The first-order chi connectivity index (χ1) is 7.54. The Balaban J connectivity index is 2.70. The summed E-state index contributed by atoms with van der Waals surface area (Å²) >= 11 is 0. The predicted molar refractivity (Wildman–Crippen MR) is 61.9 cm³/mol. The van der Waals surface area contributed by atoms with Crippen LogP contribution in [0.25, 0.3) is 0 Å². The summed E-state index contributed by atoms with van der Waals surface area (Å²) in [6.07, 6.45) is 0. The van der Waals surface area contributed by atoms with E-state index in [9.17, 15) is 4.39 Å². The molecule has 0 spiro atoms. The van der Waals surface area contributed by atoms with Gasteiger partial charge in [-0.25, -0.2) is 4.39 Å². The standard InChI is InChI=1S/C12H16FN3/c1-9(6-14)7-16(2)8-10-11(13)4-3-5-12(10)15/h3-5,9H,7-8,15H2,1-2H3. The van der Waals surface area contributed by atoms with Crippen molar-refractivity contribution in [1.29, 1.82) is 5.26 Å². The number of halogens is 1. The lowest BCUT2D eigenvalue weighted by Gasteiger charge is -2.19. The summed E-state index contributed by atoms with van der Waals surface area (Å²) in [6, 6.07) is 6.81. The lowest BCUT2D eigenvalue weighted by atomic mass is 10.1. The molecule has 0 aromatic heterocycles. The third-order valence-corrected chi connectivity index (χ3v) is 2.39. The van der Waals surface area contributed by atoms with Crippen LogP contribution in [0.15, 0.2) is 18.2 Å². The Hall–Kier alpha value is -1.60. The van der Waals surface area contributed by atoms with Gasteiger partial charge in [-0.15, -0.1) is 0 Å². The summed E-state index contributed by atoms with van der Waals surface area (Å²) in [6.45, 7) is 2.86. The number of nitrogen functional groups attached to an aromatic ring is 1. The summed E-state index contributed by atoms with van der Waals surface area (Å²) < 4.78 is 13.5. The molecule has 4 heteroatoms. The molecule has 0 aliphatic rings. The molecule has 0 aliphatic carbocycles. The van der Waals surface area contributed by atoms with Crippen LogP contribution in [0.3, 0.4) is 0 Å². The minimum Gasteiger partial charge on any atom is -0.398 e.